The Balaban J connectivity index is 1.87. The highest BCUT2D eigenvalue weighted by Crippen LogP contribution is 2.58. The van der Waals surface area contributed by atoms with Crippen LogP contribution in [0.1, 0.15) is 55.1 Å². The molecule has 0 aromatic carbocycles. The maximum absolute atomic E-state index is 5.21. The predicted molar refractivity (Wildman–Crippen MR) is 83.3 cm³/mol. The van der Waals surface area contributed by atoms with E-state index in [2.05, 4.69) is 19.2 Å². The second-order valence-electron chi connectivity index (χ2n) is 6.70. The fraction of sp³-hybridized carbons (Fsp3) is 0.812. The van der Waals surface area contributed by atoms with Gasteiger partial charge in [-0.3, -0.25) is 0 Å². The standard InChI is InChI=1S/C16H26N2OS/c1-15(8-9-15)16(2,17-10-11-19-3)14-18-12-6-4-5-7-13(12)20-14/h17H,4-11H2,1-3H3. The molecule has 1 unspecified atom stereocenters. The van der Waals surface area contributed by atoms with E-state index >= 15 is 0 Å². The van der Waals surface area contributed by atoms with Gasteiger partial charge >= 0.3 is 0 Å². The number of rotatable bonds is 6. The van der Waals surface area contributed by atoms with Crippen molar-refractivity contribution in [2.24, 2.45) is 5.41 Å². The van der Waals surface area contributed by atoms with Crippen molar-refractivity contribution in [2.45, 2.75) is 57.9 Å². The van der Waals surface area contributed by atoms with Crippen LogP contribution in [0, 0.1) is 5.41 Å². The van der Waals surface area contributed by atoms with Crippen molar-refractivity contribution in [1.29, 1.82) is 0 Å². The fourth-order valence-electron chi connectivity index (χ4n) is 3.20. The summed E-state index contributed by atoms with van der Waals surface area (Å²) >= 11 is 1.95. The Bertz CT molecular complexity index is 457. The molecule has 0 aliphatic heterocycles. The minimum Gasteiger partial charge on any atom is -0.383 e. The van der Waals surface area contributed by atoms with Gasteiger partial charge in [-0.05, 0) is 50.9 Å². The minimum atomic E-state index is 0.00748. The van der Waals surface area contributed by atoms with Gasteiger partial charge in [0.25, 0.3) is 0 Å². The Morgan fingerprint density at radius 2 is 2.10 bits per heavy atom. The summed E-state index contributed by atoms with van der Waals surface area (Å²) in [5.41, 5.74) is 1.75. The summed E-state index contributed by atoms with van der Waals surface area (Å²) in [6, 6.07) is 0. The van der Waals surface area contributed by atoms with Gasteiger partial charge in [0.15, 0.2) is 0 Å². The maximum Gasteiger partial charge on any atom is 0.114 e. The summed E-state index contributed by atoms with van der Waals surface area (Å²) in [6.45, 7) is 6.40. The van der Waals surface area contributed by atoms with Gasteiger partial charge in [0, 0.05) is 18.5 Å². The highest BCUT2D eigenvalue weighted by Gasteiger charge is 2.55. The molecule has 3 rings (SSSR count). The third-order valence-corrected chi connectivity index (χ3v) is 6.64. The van der Waals surface area contributed by atoms with E-state index in [0.717, 1.165) is 13.2 Å². The van der Waals surface area contributed by atoms with Gasteiger partial charge < -0.3 is 10.1 Å². The molecule has 1 heterocycles. The van der Waals surface area contributed by atoms with Crippen LogP contribution in [0.25, 0.3) is 0 Å². The smallest absolute Gasteiger partial charge is 0.114 e. The van der Waals surface area contributed by atoms with Crippen LogP contribution in [-0.2, 0) is 23.1 Å². The van der Waals surface area contributed by atoms with Crippen LogP contribution < -0.4 is 5.32 Å². The summed E-state index contributed by atoms with van der Waals surface area (Å²) in [5.74, 6) is 0. The molecule has 0 saturated heterocycles. The summed E-state index contributed by atoms with van der Waals surface area (Å²) in [4.78, 5) is 6.56. The van der Waals surface area contributed by atoms with Gasteiger partial charge in [0.05, 0.1) is 17.8 Å². The van der Waals surface area contributed by atoms with Crippen LogP contribution >= 0.6 is 11.3 Å². The summed E-state index contributed by atoms with van der Waals surface area (Å²) in [6.07, 6.45) is 7.65. The van der Waals surface area contributed by atoms with Crippen molar-refractivity contribution in [2.75, 3.05) is 20.3 Å². The lowest BCUT2D eigenvalue weighted by atomic mass is 9.84. The normalized spacial score (nSPS) is 23.1. The lowest BCUT2D eigenvalue weighted by molar-refractivity contribution is 0.162. The maximum atomic E-state index is 5.21. The van der Waals surface area contributed by atoms with E-state index in [1.165, 1.54) is 54.1 Å². The largest absolute Gasteiger partial charge is 0.383 e. The van der Waals surface area contributed by atoms with E-state index in [9.17, 15) is 0 Å². The molecular weight excluding hydrogens is 268 g/mol. The van der Waals surface area contributed by atoms with E-state index < -0.39 is 0 Å². The molecule has 1 N–H and O–H groups in total. The van der Waals surface area contributed by atoms with Crippen molar-refractivity contribution >= 4 is 11.3 Å². The zero-order chi connectivity index (χ0) is 14.2. The highest BCUT2D eigenvalue weighted by atomic mass is 32.1. The molecule has 2 aliphatic carbocycles. The van der Waals surface area contributed by atoms with Crippen LogP contribution in [-0.4, -0.2) is 25.2 Å². The van der Waals surface area contributed by atoms with E-state index in [1.807, 2.05) is 11.3 Å². The number of nitrogens with zero attached hydrogens (tertiary/aromatic N) is 1. The van der Waals surface area contributed by atoms with Gasteiger partial charge in [-0.1, -0.05) is 6.92 Å². The quantitative estimate of drug-likeness (QED) is 0.818. The van der Waals surface area contributed by atoms with Gasteiger partial charge in [0.1, 0.15) is 5.01 Å². The van der Waals surface area contributed by atoms with Crippen molar-refractivity contribution < 1.29 is 4.74 Å². The molecule has 1 fully saturated rings. The van der Waals surface area contributed by atoms with Crippen molar-refractivity contribution in [3.05, 3.63) is 15.6 Å². The Morgan fingerprint density at radius 1 is 1.35 bits per heavy atom. The zero-order valence-electron chi connectivity index (χ0n) is 12.9. The summed E-state index contributed by atoms with van der Waals surface area (Å²) in [7, 11) is 1.76. The van der Waals surface area contributed by atoms with Crippen LogP contribution in [0.2, 0.25) is 0 Å². The Labute approximate surface area is 126 Å². The van der Waals surface area contributed by atoms with E-state index in [0.29, 0.717) is 5.41 Å². The van der Waals surface area contributed by atoms with Gasteiger partial charge in [0.2, 0.25) is 0 Å². The number of hydrogen-bond donors (Lipinski definition) is 1. The second-order valence-corrected chi connectivity index (χ2v) is 7.78. The Hall–Kier alpha value is -0.450. The SMILES string of the molecule is COCCNC(C)(c1nc2c(s1)CCCC2)C1(C)CC1. The molecule has 0 radical (unpaired) electrons. The van der Waals surface area contributed by atoms with Crippen molar-refractivity contribution in [1.82, 2.24) is 10.3 Å². The molecular formula is C16H26N2OS. The molecule has 1 aromatic rings. The van der Waals surface area contributed by atoms with Crippen molar-refractivity contribution in [3.63, 3.8) is 0 Å². The summed E-state index contributed by atoms with van der Waals surface area (Å²) < 4.78 is 5.21. The average molecular weight is 294 g/mol. The number of aryl methyl sites for hydroxylation is 2. The molecule has 0 amide bonds. The van der Waals surface area contributed by atoms with Crippen LogP contribution in [0.4, 0.5) is 0 Å². The van der Waals surface area contributed by atoms with Gasteiger partial charge in [-0.2, -0.15) is 0 Å². The first-order valence-corrected chi connectivity index (χ1v) is 8.64. The molecule has 2 aliphatic rings. The molecule has 3 nitrogen and oxygen atoms in total. The molecule has 1 saturated carbocycles. The van der Waals surface area contributed by atoms with Crippen LogP contribution in [0.15, 0.2) is 0 Å². The summed E-state index contributed by atoms with van der Waals surface area (Å²) in [5, 5.41) is 5.05. The second kappa shape index (κ2) is 5.39. The monoisotopic (exact) mass is 294 g/mol. The third kappa shape index (κ3) is 2.42. The van der Waals surface area contributed by atoms with E-state index in [1.54, 1.807) is 7.11 Å². The molecule has 0 spiro atoms. The first kappa shape index (κ1) is 14.5. The topological polar surface area (TPSA) is 34.1 Å². The number of fused-ring (bicyclic) bond motifs is 1. The molecule has 1 aromatic heterocycles. The van der Waals surface area contributed by atoms with E-state index in [-0.39, 0.29) is 5.54 Å². The first-order valence-electron chi connectivity index (χ1n) is 7.82. The number of ether oxygens (including phenoxy) is 1. The fourth-order valence-corrected chi connectivity index (χ4v) is 4.63. The van der Waals surface area contributed by atoms with Crippen LogP contribution in [0.5, 0.6) is 0 Å². The average Bonchev–Trinajstić information content (AvgIpc) is 3.06. The Kier molecular flexibility index (Phi) is 3.91. The minimum absolute atomic E-state index is 0.00748. The lowest BCUT2D eigenvalue weighted by Crippen LogP contribution is -2.47. The molecule has 112 valence electrons. The highest BCUT2D eigenvalue weighted by molar-refractivity contribution is 7.11. The number of thiazole rings is 1. The van der Waals surface area contributed by atoms with Crippen LogP contribution in [0.3, 0.4) is 0 Å². The molecule has 20 heavy (non-hydrogen) atoms. The Morgan fingerprint density at radius 3 is 2.75 bits per heavy atom. The van der Waals surface area contributed by atoms with Gasteiger partial charge in [-0.15, -0.1) is 11.3 Å². The first-order chi connectivity index (χ1) is 9.59. The van der Waals surface area contributed by atoms with Gasteiger partial charge in [-0.25, -0.2) is 4.98 Å². The number of nitrogens with one attached hydrogen (secondary N) is 1. The number of aromatic nitrogens is 1. The van der Waals surface area contributed by atoms with Crippen molar-refractivity contribution in [3.8, 4) is 0 Å². The third-order valence-electron chi connectivity index (χ3n) is 5.27. The molecule has 4 heteroatoms. The molecule has 1 atom stereocenters. The molecule has 0 bridgehead atoms. The predicted octanol–water partition coefficient (Wildman–Crippen LogP) is 3.27. The number of hydrogen-bond acceptors (Lipinski definition) is 4. The lowest BCUT2D eigenvalue weighted by Gasteiger charge is -2.35. The van der Waals surface area contributed by atoms with E-state index in [4.69, 9.17) is 9.72 Å². The number of methoxy groups -OCH3 is 1. The zero-order valence-corrected chi connectivity index (χ0v) is 13.7.